The maximum Gasteiger partial charge on any atom is 0.243 e. The molecule has 0 bridgehead atoms. The molecule has 104 valence electrons. The summed E-state index contributed by atoms with van der Waals surface area (Å²) in [7, 11) is -3.40. The molecule has 0 aliphatic carbocycles. The van der Waals surface area contributed by atoms with Crippen molar-refractivity contribution in [3.63, 3.8) is 0 Å². The molecule has 0 unspecified atom stereocenters. The third kappa shape index (κ3) is 2.24. The van der Waals surface area contributed by atoms with Crippen LogP contribution in [0.4, 0.5) is 0 Å². The number of hydrogen-bond donors (Lipinski definition) is 1. The first-order chi connectivity index (χ1) is 9.09. The minimum atomic E-state index is -3.40. The highest BCUT2D eigenvalue weighted by Gasteiger charge is 2.31. The summed E-state index contributed by atoms with van der Waals surface area (Å²) >= 11 is 0. The topological polar surface area (TPSA) is 58.6 Å². The van der Waals surface area contributed by atoms with E-state index in [2.05, 4.69) is 5.32 Å². The predicted molar refractivity (Wildman–Crippen MR) is 71.9 cm³/mol. The lowest BCUT2D eigenvalue weighted by Gasteiger charge is -2.32. The summed E-state index contributed by atoms with van der Waals surface area (Å²) in [4.78, 5) is 0.380. The van der Waals surface area contributed by atoms with Crippen LogP contribution in [0.25, 0.3) is 0 Å². The lowest BCUT2D eigenvalue weighted by Crippen LogP contribution is -2.52. The van der Waals surface area contributed by atoms with Gasteiger partial charge in [0.1, 0.15) is 5.75 Å². The summed E-state index contributed by atoms with van der Waals surface area (Å²) in [6, 6.07) is 5.16. The number of ether oxygens (including phenoxy) is 1. The van der Waals surface area contributed by atoms with Crippen LogP contribution >= 0.6 is 0 Å². The Labute approximate surface area is 113 Å². The minimum absolute atomic E-state index is 0.0109. The third-order valence-corrected chi connectivity index (χ3v) is 5.72. The quantitative estimate of drug-likeness (QED) is 0.863. The molecule has 2 aliphatic rings. The van der Waals surface area contributed by atoms with E-state index in [0.29, 0.717) is 31.1 Å². The molecule has 3 rings (SSSR count). The smallest absolute Gasteiger partial charge is 0.243 e. The van der Waals surface area contributed by atoms with Gasteiger partial charge in [-0.05, 0) is 30.7 Å². The van der Waals surface area contributed by atoms with Crippen molar-refractivity contribution >= 4 is 10.0 Å². The standard InChI is InChI=1S/C13H18N2O3S/c1-10-9-14-5-6-15(10)19(16,17)12-2-3-13-11(8-12)4-7-18-13/h2-3,8,10,14H,4-7,9H2,1H3/t10-/m1/s1. The van der Waals surface area contributed by atoms with E-state index >= 15 is 0 Å². The second-order valence-electron chi connectivity index (χ2n) is 5.04. The molecule has 1 saturated heterocycles. The average molecular weight is 282 g/mol. The largest absolute Gasteiger partial charge is 0.493 e. The van der Waals surface area contributed by atoms with Gasteiger partial charge in [-0.2, -0.15) is 4.31 Å². The Hall–Kier alpha value is -1.11. The van der Waals surface area contributed by atoms with E-state index in [0.717, 1.165) is 17.7 Å². The van der Waals surface area contributed by atoms with Gasteiger partial charge in [0.15, 0.2) is 0 Å². The fraction of sp³-hybridized carbons (Fsp3) is 0.538. The number of sulfonamides is 1. The first-order valence-corrected chi connectivity index (χ1v) is 8.01. The van der Waals surface area contributed by atoms with Crippen LogP contribution in [0.3, 0.4) is 0 Å². The van der Waals surface area contributed by atoms with Crippen molar-refractivity contribution < 1.29 is 13.2 Å². The first-order valence-electron chi connectivity index (χ1n) is 6.57. The summed E-state index contributed by atoms with van der Waals surface area (Å²) in [6.45, 7) is 4.51. The summed E-state index contributed by atoms with van der Waals surface area (Å²) in [5.41, 5.74) is 0.990. The lowest BCUT2D eigenvalue weighted by atomic mass is 10.2. The zero-order valence-electron chi connectivity index (χ0n) is 10.9. The van der Waals surface area contributed by atoms with Crippen LogP contribution in [0.15, 0.2) is 23.1 Å². The second kappa shape index (κ2) is 4.77. The number of fused-ring (bicyclic) bond motifs is 1. The van der Waals surface area contributed by atoms with Crippen LogP contribution in [0.2, 0.25) is 0 Å². The second-order valence-corrected chi connectivity index (χ2v) is 6.93. The van der Waals surface area contributed by atoms with E-state index < -0.39 is 10.0 Å². The van der Waals surface area contributed by atoms with Crippen molar-refractivity contribution in [3.05, 3.63) is 23.8 Å². The van der Waals surface area contributed by atoms with Gasteiger partial charge in [0.2, 0.25) is 10.0 Å². The van der Waals surface area contributed by atoms with Crippen molar-refractivity contribution in [2.24, 2.45) is 0 Å². The Morgan fingerprint density at radius 2 is 2.26 bits per heavy atom. The Balaban J connectivity index is 1.95. The van der Waals surface area contributed by atoms with Crippen molar-refractivity contribution in [1.29, 1.82) is 0 Å². The van der Waals surface area contributed by atoms with Crippen LogP contribution in [0.1, 0.15) is 12.5 Å². The summed E-state index contributed by atoms with van der Waals surface area (Å²) < 4.78 is 32.3. The monoisotopic (exact) mass is 282 g/mol. The molecule has 2 heterocycles. The Kier molecular flexibility index (Phi) is 3.24. The summed E-state index contributed by atoms with van der Waals surface area (Å²) in [5, 5.41) is 3.20. The third-order valence-electron chi connectivity index (χ3n) is 3.71. The highest BCUT2D eigenvalue weighted by molar-refractivity contribution is 7.89. The molecule has 19 heavy (non-hydrogen) atoms. The van der Waals surface area contributed by atoms with Gasteiger partial charge in [-0.1, -0.05) is 0 Å². The van der Waals surface area contributed by atoms with Gasteiger partial charge in [0.05, 0.1) is 11.5 Å². The van der Waals surface area contributed by atoms with Gasteiger partial charge < -0.3 is 10.1 Å². The molecular weight excluding hydrogens is 264 g/mol. The molecule has 1 atom stereocenters. The molecule has 1 N–H and O–H groups in total. The molecule has 1 aromatic carbocycles. The maximum atomic E-state index is 12.7. The first kappa shape index (κ1) is 12.9. The molecule has 0 spiro atoms. The molecular formula is C13H18N2O3S. The minimum Gasteiger partial charge on any atom is -0.493 e. The molecule has 0 radical (unpaired) electrons. The highest BCUT2D eigenvalue weighted by Crippen LogP contribution is 2.29. The van der Waals surface area contributed by atoms with Crippen LogP contribution < -0.4 is 10.1 Å². The molecule has 5 nitrogen and oxygen atoms in total. The maximum absolute atomic E-state index is 12.7. The van der Waals surface area contributed by atoms with Gasteiger partial charge in [0.25, 0.3) is 0 Å². The van der Waals surface area contributed by atoms with Crippen molar-refractivity contribution in [1.82, 2.24) is 9.62 Å². The normalized spacial score (nSPS) is 23.9. The van der Waals surface area contributed by atoms with Gasteiger partial charge in [0, 0.05) is 32.1 Å². The molecule has 0 amide bonds. The van der Waals surface area contributed by atoms with Gasteiger partial charge in [-0.3, -0.25) is 0 Å². The van der Waals surface area contributed by atoms with E-state index in [1.54, 1.807) is 22.5 Å². The van der Waals surface area contributed by atoms with E-state index in [1.165, 1.54) is 0 Å². The van der Waals surface area contributed by atoms with Crippen LogP contribution in [0, 0.1) is 0 Å². The van der Waals surface area contributed by atoms with E-state index in [1.807, 2.05) is 6.92 Å². The fourth-order valence-corrected chi connectivity index (χ4v) is 4.32. The molecule has 6 heteroatoms. The van der Waals surface area contributed by atoms with Gasteiger partial charge in [-0.15, -0.1) is 0 Å². The SMILES string of the molecule is C[C@@H]1CNCCN1S(=O)(=O)c1ccc2c(c1)CCO2. The molecule has 1 aromatic rings. The number of hydrogen-bond acceptors (Lipinski definition) is 4. The molecule has 0 saturated carbocycles. The highest BCUT2D eigenvalue weighted by atomic mass is 32.2. The van der Waals surface area contributed by atoms with Crippen LogP contribution in [-0.2, 0) is 16.4 Å². The number of nitrogens with zero attached hydrogens (tertiary/aromatic N) is 1. The van der Waals surface area contributed by atoms with Gasteiger partial charge >= 0.3 is 0 Å². The molecule has 2 aliphatic heterocycles. The van der Waals surface area contributed by atoms with Gasteiger partial charge in [-0.25, -0.2) is 8.42 Å². The Bertz CT molecular complexity index is 586. The van der Waals surface area contributed by atoms with E-state index in [-0.39, 0.29) is 6.04 Å². The van der Waals surface area contributed by atoms with Crippen LogP contribution in [-0.4, -0.2) is 45.0 Å². The molecule has 1 fully saturated rings. The Morgan fingerprint density at radius 1 is 1.42 bits per heavy atom. The van der Waals surface area contributed by atoms with E-state index in [4.69, 9.17) is 4.74 Å². The predicted octanol–water partition coefficient (Wildman–Crippen LogP) is 0.604. The van der Waals surface area contributed by atoms with Crippen molar-refractivity contribution in [3.8, 4) is 5.75 Å². The number of rotatable bonds is 2. The Morgan fingerprint density at radius 3 is 3.05 bits per heavy atom. The van der Waals surface area contributed by atoms with E-state index in [9.17, 15) is 8.42 Å². The van der Waals surface area contributed by atoms with Crippen molar-refractivity contribution in [2.75, 3.05) is 26.2 Å². The number of nitrogens with one attached hydrogen (secondary N) is 1. The zero-order chi connectivity index (χ0) is 13.5. The summed E-state index contributed by atoms with van der Waals surface area (Å²) in [6.07, 6.45) is 0.788. The lowest BCUT2D eigenvalue weighted by molar-refractivity contribution is 0.284. The number of benzene rings is 1. The molecule has 0 aromatic heterocycles. The van der Waals surface area contributed by atoms with Crippen LogP contribution in [0.5, 0.6) is 5.75 Å². The van der Waals surface area contributed by atoms with Crippen molar-refractivity contribution in [2.45, 2.75) is 24.3 Å². The average Bonchev–Trinajstić information content (AvgIpc) is 2.86. The number of piperazine rings is 1. The summed E-state index contributed by atoms with van der Waals surface area (Å²) in [5.74, 6) is 0.812. The fourth-order valence-electron chi connectivity index (χ4n) is 2.64. The zero-order valence-corrected chi connectivity index (χ0v) is 11.7.